The summed E-state index contributed by atoms with van der Waals surface area (Å²) >= 11 is 3.54. The maximum Gasteiger partial charge on any atom is 0.162 e. The van der Waals surface area contributed by atoms with Gasteiger partial charge in [0.05, 0.1) is 24.2 Å². The summed E-state index contributed by atoms with van der Waals surface area (Å²) in [6.45, 7) is 5.17. The number of halogens is 2. The van der Waals surface area contributed by atoms with E-state index in [0.717, 1.165) is 15.7 Å². The van der Waals surface area contributed by atoms with E-state index in [1.54, 1.807) is 19.2 Å². The number of nitrogens with two attached hydrogens (primary N) is 1. The van der Waals surface area contributed by atoms with Crippen molar-refractivity contribution in [1.29, 1.82) is 5.26 Å². The first-order valence-corrected chi connectivity index (χ1v) is 12.5. The van der Waals surface area contributed by atoms with E-state index in [0.29, 0.717) is 54.3 Å². The molecule has 0 unspecified atom stereocenters. The number of hydrogen-bond donors (Lipinski definition) is 1. The molecule has 0 radical (unpaired) electrons. The first-order chi connectivity index (χ1) is 17.1. The van der Waals surface area contributed by atoms with Gasteiger partial charge in [-0.3, -0.25) is 4.79 Å². The minimum absolute atomic E-state index is 0.00150. The predicted octanol–water partition coefficient (Wildman–Crippen LogP) is 5.55. The van der Waals surface area contributed by atoms with Crippen molar-refractivity contribution in [3.63, 3.8) is 0 Å². The zero-order chi connectivity index (χ0) is 26.0. The van der Waals surface area contributed by atoms with Crippen LogP contribution in [-0.2, 0) is 16.1 Å². The molecule has 0 saturated carbocycles. The lowest BCUT2D eigenvalue weighted by molar-refractivity contribution is -0.118. The number of allylic oxidation sites excluding steroid dienone is 3. The molecule has 1 aliphatic heterocycles. The minimum Gasteiger partial charge on any atom is -0.489 e. The second kappa shape index (κ2) is 10.5. The topological polar surface area (TPSA) is 88.6 Å². The molecule has 0 spiro atoms. The molecule has 2 aromatic carbocycles. The molecule has 1 heterocycles. The molecule has 36 heavy (non-hydrogen) atoms. The van der Waals surface area contributed by atoms with E-state index in [1.807, 2.05) is 23.1 Å². The Bertz CT molecular complexity index is 1280. The van der Waals surface area contributed by atoms with Crippen molar-refractivity contribution < 1.29 is 18.7 Å². The van der Waals surface area contributed by atoms with E-state index in [1.165, 1.54) is 12.1 Å². The fourth-order valence-electron chi connectivity index (χ4n) is 4.94. The zero-order valence-corrected chi connectivity index (χ0v) is 22.2. The number of hydrogen-bond acceptors (Lipinski definition) is 6. The number of Topliss-reactive ketones (excluding diaryl/α,β-unsaturated/α-hetero) is 1. The van der Waals surface area contributed by atoms with E-state index in [9.17, 15) is 14.4 Å². The third-order valence-corrected chi connectivity index (χ3v) is 7.09. The lowest BCUT2D eigenvalue weighted by atomic mass is 9.68. The van der Waals surface area contributed by atoms with Gasteiger partial charge in [0.25, 0.3) is 0 Å². The average Bonchev–Trinajstić information content (AvgIpc) is 2.82. The molecule has 0 aromatic heterocycles. The molecule has 1 atom stereocenters. The number of nitrogens with zero attached hydrogens (tertiary/aromatic N) is 2. The van der Waals surface area contributed by atoms with Crippen LogP contribution in [-0.4, -0.2) is 30.9 Å². The van der Waals surface area contributed by atoms with Crippen LogP contribution < -0.4 is 10.5 Å². The van der Waals surface area contributed by atoms with Crippen LogP contribution in [0, 0.1) is 22.6 Å². The second-order valence-electron chi connectivity index (χ2n) is 9.89. The highest BCUT2D eigenvalue weighted by molar-refractivity contribution is 9.10. The van der Waals surface area contributed by atoms with Crippen LogP contribution in [0.1, 0.15) is 43.7 Å². The molecule has 0 amide bonds. The number of rotatable bonds is 7. The summed E-state index contributed by atoms with van der Waals surface area (Å²) in [7, 11) is 1.61. The second-order valence-corrected chi connectivity index (χ2v) is 10.8. The monoisotopic (exact) mass is 553 g/mol. The van der Waals surface area contributed by atoms with Crippen LogP contribution in [0.25, 0.3) is 0 Å². The van der Waals surface area contributed by atoms with Crippen molar-refractivity contribution in [2.75, 3.05) is 20.3 Å². The van der Waals surface area contributed by atoms with Gasteiger partial charge in [-0.2, -0.15) is 5.26 Å². The van der Waals surface area contributed by atoms with Gasteiger partial charge in [0.15, 0.2) is 5.78 Å². The molecule has 2 aliphatic rings. The number of benzene rings is 2. The largest absolute Gasteiger partial charge is 0.489 e. The van der Waals surface area contributed by atoms with Crippen LogP contribution in [0.2, 0.25) is 0 Å². The normalized spacial score (nSPS) is 19.3. The summed E-state index contributed by atoms with van der Waals surface area (Å²) in [5.41, 5.74) is 9.56. The molecule has 1 aliphatic carbocycles. The third-order valence-electron chi connectivity index (χ3n) is 6.60. The Morgan fingerprint density at radius 2 is 1.94 bits per heavy atom. The van der Waals surface area contributed by atoms with Gasteiger partial charge in [0.1, 0.15) is 24.0 Å². The summed E-state index contributed by atoms with van der Waals surface area (Å²) in [6.07, 6.45) is 1.02. The van der Waals surface area contributed by atoms with Crippen molar-refractivity contribution in [3.8, 4) is 11.8 Å². The van der Waals surface area contributed by atoms with Crippen molar-refractivity contribution in [2.24, 2.45) is 11.1 Å². The fraction of sp³-hybridized carbons (Fsp3) is 0.357. The Morgan fingerprint density at radius 3 is 2.61 bits per heavy atom. The van der Waals surface area contributed by atoms with Gasteiger partial charge >= 0.3 is 0 Å². The maximum atomic E-state index is 13.6. The Kier molecular flexibility index (Phi) is 7.53. The molecule has 188 valence electrons. The molecule has 2 N–H and O–H groups in total. The summed E-state index contributed by atoms with van der Waals surface area (Å²) in [5.74, 6) is -0.122. The van der Waals surface area contributed by atoms with Crippen LogP contribution in [0.4, 0.5) is 4.39 Å². The summed E-state index contributed by atoms with van der Waals surface area (Å²) in [5, 5.41) is 10.2. The van der Waals surface area contributed by atoms with Crippen molar-refractivity contribution >= 4 is 21.7 Å². The standard InChI is InChI=1S/C28H29BrFN3O3/c1-28(2)13-22-26(23(34)14-28)25(21(15-31)27(32)33(22)10-11-35-3)20-12-18(29)6-9-24(20)36-16-17-4-7-19(30)8-5-17/h4-9,12,25H,10-11,13-14,16,32H2,1-3H3/t25-/m1/s1. The summed E-state index contributed by atoms with van der Waals surface area (Å²) < 4.78 is 25.6. The zero-order valence-electron chi connectivity index (χ0n) is 20.6. The molecule has 0 fully saturated rings. The number of ketones is 1. The minimum atomic E-state index is -0.659. The highest BCUT2D eigenvalue weighted by atomic mass is 79.9. The van der Waals surface area contributed by atoms with Crippen LogP contribution in [0.3, 0.4) is 0 Å². The van der Waals surface area contributed by atoms with Gasteiger partial charge in [0.2, 0.25) is 0 Å². The molecule has 0 bridgehead atoms. The van der Waals surface area contributed by atoms with E-state index in [4.69, 9.17) is 15.2 Å². The first-order valence-electron chi connectivity index (χ1n) is 11.7. The number of ether oxygens (including phenoxy) is 2. The Balaban J connectivity index is 1.84. The average molecular weight is 554 g/mol. The molecule has 6 nitrogen and oxygen atoms in total. The van der Waals surface area contributed by atoms with Crippen LogP contribution in [0.15, 0.2) is 69.6 Å². The number of nitriles is 1. The van der Waals surface area contributed by atoms with Crippen molar-refractivity contribution in [3.05, 3.63) is 86.5 Å². The van der Waals surface area contributed by atoms with Gasteiger partial charge < -0.3 is 20.1 Å². The highest BCUT2D eigenvalue weighted by Crippen LogP contribution is 2.50. The fourth-order valence-corrected chi connectivity index (χ4v) is 5.32. The Labute approximate surface area is 219 Å². The first kappa shape index (κ1) is 25.9. The molecule has 0 saturated heterocycles. The SMILES string of the molecule is COCCN1C(N)=C(C#N)[C@@H](c2cc(Br)ccc2OCc2ccc(F)cc2)C2=C1CC(C)(C)CC2=O. The molecule has 8 heteroatoms. The van der Waals surface area contributed by atoms with E-state index in [-0.39, 0.29) is 23.6 Å². The number of carbonyl (C=O) groups is 1. The lowest BCUT2D eigenvalue weighted by Crippen LogP contribution is -2.43. The van der Waals surface area contributed by atoms with E-state index >= 15 is 0 Å². The van der Waals surface area contributed by atoms with Crippen LogP contribution >= 0.6 is 15.9 Å². The lowest BCUT2D eigenvalue weighted by Gasteiger charge is -2.44. The van der Waals surface area contributed by atoms with Crippen molar-refractivity contribution in [2.45, 2.75) is 39.2 Å². The van der Waals surface area contributed by atoms with E-state index in [2.05, 4.69) is 35.8 Å². The quantitative estimate of drug-likeness (QED) is 0.483. The molecular formula is C28H29BrFN3O3. The molecular weight excluding hydrogens is 525 g/mol. The van der Waals surface area contributed by atoms with Gasteiger partial charge in [0, 0.05) is 41.4 Å². The molecule has 2 aromatic rings. The van der Waals surface area contributed by atoms with Gasteiger partial charge in [-0.05, 0) is 47.7 Å². The van der Waals surface area contributed by atoms with Crippen molar-refractivity contribution in [1.82, 2.24) is 4.90 Å². The van der Waals surface area contributed by atoms with E-state index < -0.39 is 5.92 Å². The van der Waals surface area contributed by atoms with Gasteiger partial charge in [-0.25, -0.2) is 4.39 Å². The molecule has 4 rings (SSSR count). The summed E-state index contributed by atoms with van der Waals surface area (Å²) in [4.78, 5) is 15.5. The highest BCUT2D eigenvalue weighted by Gasteiger charge is 2.45. The van der Waals surface area contributed by atoms with Gasteiger partial charge in [-0.1, -0.05) is 41.9 Å². The smallest absolute Gasteiger partial charge is 0.162 e. The Hall–Kier alpha value is -3.15. The number of carbonyl (C=O) groups excluding carboxylic acids is 1. The maximum absolute atomic E-state index is 13.6. The summed E-state index contributed by atoms with van der Waals surface area (Å²) in [6, 6.07) is 13.9. The van der Waals surface area contributed by atoms with Gasteiger partial charge in [-0.15, -0.1) is 0 Å². The third kappa shape index (κ3) is 5.18. The van der Waals surface area contributed by atoms with Crippen LogP contribution in [0.5, 0.6) is 5.75 Å². The number of methoxy groups -OCH3 is 1. The Morgan fingerprint density at radius 1 is 1.22 bits per heavy atom. The predicted molar refractivity (Wildman–Crippen MR) is 138 cm³/mol.